The Morgan fingerprint density at radius 1 is 1.10 bits per heavy atom. The molecular weight excluding hydrogens is 250 g/mol. The number of benzene rings is 2. The molecule has 0 spiro atoms. The van der Waals surface area contributed by atoms with Gasteiger partial charge in [-0.1, -0.05) is 12.1 Å². The van der Waals surface area contributed by atoms with E-state index in [0.717, 1.165) is 22.3 Å². The van der Waals surface area contributed by atoms with Crippen LogP contribution in [-0.4, -0.2) is 22.9 Å². The quantitative estimate of drug-likeness (QED) is 0.681. The third-order valence-electron chi connectivity index (χ3n) is 3.21. The zero-order valence-corrected chi connectivity index (χ0v) is 11.4. The van der Waals surface area contributed by atoms with Crippen LogP contribution in [0.2, 0.25) is 0 Å². The third-order valence-corrected chi connectivity index (χ3v) is 3.21. The molecule has 3 rings (SSSR count). The van der Waals surface area contributed by atoms with Crippen LogP contribution in [0.5, 0.6) is 5.75 Å². The molecule has 2 aromatic carbocycles. The van der Waals surface area contributed by atoms with Crippen LogP contribution in [-0.2, 0) is 7.05 Å². The molecule has 1 aromatic heterocycles. The Hall–Kier alpha value is -2.62. The Bertz CT molecular complexity index is 757. The van der Waals surface area contributed by atoms with E-state index in [9.17, 15) is 0 Å². The fourth-order valence-corrected chi connectivity index (χ4v) is 2.07. The molecule has 100 valence electrons. The van der Waals surface area contributed by atoms with E-state index < -0.39 is 0 Å². The van der Waals surface area contributed by atoms with Crippen LogP contribution >= 0.6 is 0 Å². The van der Waals surface area contributed by atoms with E-state index in [2.05, 4.69) is 9.98 Å². The highest BCUT2D eigenvalue weighted by Crippen LogP contribution is 2.19. The number of fused-ring (bicyclic) bond motifs is 1. The van der Waals surface area contributed by atoms with Crippen molar-refractivity contribution in [3.05, 3.63) is 54.1 Å². The average Bonchev–Trinajstić information content (AvgIpc) is 2.83. The molecule has 3 aromatic rings. The maximum absolute atomic E-state index is 5.13. The van der Waals surface area contributed by atoms with E-state index >= 15 is 0 Å². The Labute approximate surface area is 117 Å². The van der Waals surface area contributed by atoms with Crippen molar-refractivity contribution in [1.82, 2.24) is 9.55 Å². The number of nitrogens with zero attached hydrogens (tertiary/aromatic N) is 3. The normalized spacial score (nSPS) is 11.3. The van der Waals surface area contributed by atoms with Gasteiger partial charge in [-0.2, -0.15) is 0 Å². The summed E-state index contributed by atoms with van der Waals surface area (Å²) in [4.78, 5) is 8.96. The number of hydrogen-bond acceptors (Lipinski definition) is 3. The Balaban J connectivity index is 1.91. The Kier molecular flexibility index (Phi) is 3.21. The van der Waals surface area contributed by atoms with Gasteiger partial charge in [-0.3, -0.25) is 0 Å². The third kappa shape index (κ3) is 2.28. The van der Waals surface area contributed by atoms with Crippen LogP contribution in [0.4, 0.5) is 5.95 Å². The number of aliphatic imine (C=N–C) groups is 1. The molecule has 0 amide bonds. The smallest absolute Gasteiger partial charge is 0.230 e. The van der Waals surface area contributed by atoms with Crippen molar-refractivity contribution in [2.75, 3.05) is 7.11 Å². The first kappa shape index (κ1) is 12.4. The van der Waals surface area contributed by atoms with Gasteiger partial charge in [0.15, 0.2) is 0 Å². The summed E-state index contributed by atoms with van der Waals surface area (Å²) in [5, 5.41) is 0. The van der Waals surface area contributed by atoms with Gasteiger partial charge in [-0.15, -0.1) is 0 Å². The summed E-state index contributed by atoms with van der Waals surface area (Å²) in [6, 6.07) is 15.8. The highest BCUT2D eigenvalue weighted by Gasteiger charge is 2.04. The van der Waals surface area contributed by atoms with Gasteiger partial charge in [0.25, 0.3) is 0 Å². The molecule has 0 aliphatic rings. The van der Waals surface area contributed by atoms with E-state index in [1.54, 1.807) is 13.3 Å². The Morgan fingerprint density at radius 2 is 1.85 bits per heavy atom. The molecule has 0 saturated heterocycles. The Morgan fingerprint density at radius 3 is 2.55 bits per heavy atom. The SMILES string of the molecule is COc1ccc(/C=N/c2nc3ccccc3n2C)cc1. The predicted molar refractivity (Wildman–Crippen MR) is 81.0 cm³/mol. The molecule has 1 heterocycles. The number of ether oxygens (including phenoxy) is 1. The monoisotopic (exact) mass is 265 g/mol. The summed E-state index contributed by atoms with van der Waals surface area (Å²) in [6.07, 6.45) is 1.81. The molecule has 0 saturated carbocycles. The van der Waals surface area contributed by atoms with E-state index in [0.29, 0.717) is 5.95 Å². The van der Waals surface area contributed by atoms with Crippen molar-refractivity contribution in [2.45, 2.75) is 0 Å². The summed E-state index contributed by atoms with van der Waals surface area (Å²) >= 11 is 0. The van der Waals surface area contributed by atoms with E-state index in [-0.39, 0.29) is 0 Å². The minimum atomic E-state index is 0.696. The first-order valence-corrected chi connectivity index (χ1v) is 6.37. The molecule has 0 aliphatic carbocycles. The molecule has 0 bridgehead atoms. The van der Waals surface area contributed by atoms with Crippen molar-refractivity contribution < 1.29 is 4.74 Å². The van der Waals surface area contributed by atoms with Crippen molar-refractivity contribution in [2.24, 2.45) is 12.0 Å². The zero-order chi connectivity index (χ0) is 13.9. The van der Waals surface area contributed by atoms with Crippen LogP contribution in [0.3, 0.4) is 0 Å². The lowest BCUT2D eigenvalue weighted by Crippen LogP contribution is -1.88. The zero-order valence-electron chi connectivity index (χ0n) is 11.4. The second kappa shape index (κ2) is 5.17. The molecule has 0 aliphatic heterocycles. The fourth-order valence-electron chi connectivity index (χ4n) is 2.07. The van der Waals surface area contributed by atoms with Gasteiger partial charge in [0.05, 0.1) is 18.1 Å². The number of methoxy groups -OCH3 is 1. The van der Waals surface area contributed by atoms with Crippen molar-refractivity contribution in [1.29, 1.82) is 0 Å². The summed E-state index contributed by atoms with van der Waals surface area (Å²) in [7, 11) is 3.62. The maximum atomic E-state index is 5.13. The van der Waals surface area contributed by atoms with Gasteiger partial charge in [-0.05, 0) is 42.0 Å². The van der Waals surface area contributed by atoms with E-state index in [1.165, 1.54) is 0 Å². The molecule has 4 nitrogen and oxygen atoms in total. The molecular formula is C16H15N3O. The highest BCUT2D eigenvalue weighted by atomic mass is 16.5. The molecule has 4 heteroatoms. The van der Waals surface area contributed by atoms with Crippen LogP contribution in [0.25, 0.3) is 11.0 Å². The second-order valence-corrected chi connectivity index (χ2v) is 4.49. The summed E-state index contributed by atoms with van der Waals surface area (Å²) in [6.45, 7) is 0. The van der Waals surface area contributed by atoms with Crippen molar-refractivity contribution in [3.63, 3.8) is 0 Å². The number of aryl methyl sites for hydroxylation is 1. The summed E-state index contributed by atoms with van der Waals surface area (Å²) in [5.74, 6) is 1.53. The number of para-hydroxylation sites is 2. The van der Waals surface area contributed by atoms with Gasteiger partial charge >= 0.3 is 0 Å². The van der Waals surface area contributed by atoms with Crippen LogP contribution in [0.15, 0.2) is 53.5 Å². The van der Waals surface area contributed by atoms with Gasteiger partial charge < -0.3 is 9.30 Å². The molecule has 0 unspecified atom stereocenters. The van der Waals surface area contributed by atoms with Gasteiger partial charge in [-0.25, -0.2) is 9.98 Å². The van der Waals surface area contributed by atoms with Crippen molar-refractivity contribution >= 4 is 23.2 Å². The lowest BCUT2D eigenvalue weighted by molar-refractivity contribution is 0.415. The number of hydrogen-bond donors (Lipinski definition) is 0. The van der Waals surface area contributed by atoms with E-state index in [1.807, 2.05) is 60.1 Å². The molecule has 0 atom stereocenters. The van der Waals surface area contributed by atoms with Crippen LogP contribution in [0, 0.1) is 0 Å². The fraction of sp³-hybridized carbons (Fsp3) is 0.125. The molecule has 0 radical (unpaired) electrons. The van der Waals surface area contributed by atoms with Gasteiger partial charge in [0.2, 0.25) is 5.95 Å². The topological polar surface area (TPSA) is 39.4 Å². The lowest BCUT2D eigenvalue weighted by Gasteiger charge is -1.99. The standard InChI is InChI=1S/C16H15N3O/c1-19-15-6-4-3-5-14(15)18-16(19)17-11-12-7-9-13(20-2)10-8-12/h3-11H,1-2H3/b17-11+. The minimum absolute atomic E-state index is 0.696. The second-order valence-electron chi connectivity index (χ2n) is 4.49. The lowest BCUT2D eigenvalue weighted by atomic mass is 10.2. The first-order valence-electron chi connectivity index (χ1n) is 6.37. The van der Waals surface area contributed by atoms with Crippen LogP contribution < -0.4 is 4.74 Å². The molecule has 0 N–H and O–H groups in total. The predicted octanol–water partition coefficient (Wildman–Crippen LogP) is 3.33. The van der Waals surface area contributed by atoms with Crippen LogP contribution in [0.1, 0.15) is 5.56 Å². The highest BCUT2D eigenvalue weighted by molar-refractivity contribution is 5.83. The molecule has 20 heavy (non-hydrogen) atoms. The summed E-state index contributed by atoms with van der Waals surface area (Å²) < 4.78 is 7.11. The maximum Gasteiger partial charge on any atom is 0.230 e. The number of rotatable bonds is 3. The van der Waals surface area contributed by atoms with E-state index in [4.69, 9.17) is 4.74 Å². The summed E-state index contributed by atoms with van der Waals surface area (Å²) in [5.41, 5.74) is 3.05. The minimum Gasteiger partial charge on any atom is -0.497 e. The largest absolute Gasteiger partial charge is 0.497 e. The average molecular weight is 265 g/mol. The van der Waals surface area contributed by atoms with Gasteiger partial charge in [0.1, 0.15) is 5.75 Å². The molecule has 0 fully saturated rings. The number of aromatic nitrogens is 2. The first-order chi connectivity index (χ1) is 9.78. The van der Waals surface area contributed by atoms with Crippen molar-refractivity contribution in [3.8, 4) is 5.75 Å². The number of imidazole rings is 1. The van der Waals surface area contributed by atoms with Gasteiger partial charge in [0, 0.05) is 13.3 Å².